The van der Waals surface area contributed by atoms with Crippen molar-refractivity contribution in [2.24, 2.45) is 0 Å². The maximum atomic E-state index is 12.7. The number of rotatable bonds is 4. The highest BCUT2D eigenvalue weighted by atomic mass is 32.2. The molecule has 0 unspecified atom stereocenters. The summed E-state index contributed by atoms with van der Waals surface area (Å²) >= 11 is 1.34. The quantitative estimate of drug-likeness (QED) is 0.633. The lowest BCUT2D eigenvalue weighted by atomic mass is 10.1. The van der Waals surface area contributed by atoms with E-state index in [4.69, 9.17) is 0 Å². The van der Waals surface area contributed by atoms with Crippen molar-refractivity contribution >= 4 is 11.8 Å². The number of pyridine rings is 1. The van der Waals surface area contributed by atoms with E-state index in [1.54, 1.807) is 24.4 Å². The lowest BCUT2D eigenvalue weighted by Gasteiger charge is -2.08. The monoisotopic (exact) mass is 347 g/mol. The smallest absolute Gasteiger partial charge is 0.255 e. The van der Waals surface area contributed by atoms with Gasteiger partial charge in [0.2, 0.25) is 0 Å². The molecule has 122 valence electrons. The Morgan fingerprint density at radius 2 is 1.75 bits per heavy atom. The van der Waals surface area contributed by atoms with E-state index in [2.05, 4.69) is 15.2 Å². The molecule has 0 radical (unpaired) electrons. The van der Waals surface area contributed by atoms with Crippen LogP contribution in [0.1, 0.15) is 11.1 Å². The molecule has 0 saturated heterocycles. The van der Waals surface area contributed by atoms with Crippen molar-refractivity contribution < 1.29 is 13.2 Å². The van der Waals surface area contributed by atoms with Crippen LogP contribution in [-0.4, -0.2) is 15.2 Å². The molecule has 0 amide bonds. The molecule has 2 heterocycles. The average Bonchev–Trinajstić information content (AvgIpc) is 2.61. The topological polar surface area (TPSA) is 38.7 Å². The van der Waals surface area contributed by atoms with Crippen molar-refractivity contribution in [3.63, 3.8) is 0 Å². The summed E-state index contributed by atoms with van der Waals surface area (Å²) in [4.78, 5) is 4.19. The minimum atomic E-state index is -4.33. The van der Waals surface area contributed by atoms with Gasteiger partial charge in [-0.2, -0.15) is 13.2 Å². The molecule has 1 aromatic carbocycles. The van der Waals surface area contributed by atoms with E-state index in [9.17, 15) is 13.2 Å². The molecule has 2 aromatic heterocycles. The van der Waals surface area contributed by atoms with E-state index in [-0.39, 0.29) is 0 Å². The third-order valence-electron chi connectivity index (χ3n) is 3.21. The molecular weight excluding hydrogens is 335 g/mol. The van der Waals surface area contributed by atoms with Gasteiger partial charge in [0.1, 0.15) is 10.7 Å². The Hall–Kier alpha value is -2.41. The van der Waals surface area contributed by atoms with Crippen molar-refractivity contribution in [2.45, 2.75) is 17.0 Å². The second-order valence-electron chi connectivity index (χ2n) is 4.96. The van der Waals surface area contributed by atoms with Gasteiger partial charge in [-0.1, -0.05) is 36.0 Å². The van der Waals surface area contributed by atoms with E-state index >= 15 is 0 Å². The second-order valence-corrected chi connectivity index (χ2v) is 5.95. The summed E-state index contributed by atoms with van der Waals surface area (Å²) in [5, 5.41) is 8.84. The van der Waals surface area contributed by atoms with Crippen LogP contribution in [0.5, 0.6) is 0 Å². The number of hydrogen-bond donors (Lipinski definition) is 0. The zero-order valence-corrected chi connectivity index (χ0v) is 13.2. The number of thioether (sulfide) groups is 1. The molecule has 24 heavy (non-hydrogen) atoms. The van der Waals surface area contributed by atoms with E-state index in [0.29, 0.717) is 22.0 Å². The second kappa shape index (κ2) is 7.00. The molecule has 3 aromatic rings. The minimum Gasteiger partial charge on any atom is -0.255 e. The normalized spacial score (nSPS) is 11.5. The highest BCUT2D eigenvalue weighted by Gasteiger charge is 2.30. The van der Waals surface area contributed by atoms with Gasteiger partial charge in [-0.25, -0.2) is 0 Å². The molecule has 3 rings (SSSR count). The van der Waals surface area contributed by atoms with Crippen LogP contribution in [0.4, 0.5) is 13.2 Å². The highest BCUT2D eigenvalue weighted by Crippen LogP contribution is 2.31. The van der Waals surface area contributed by atoms with Gasteiger partial charge in [0.15, 0.2) is 0 Å². The molecule has 0 atom stereocenters. The van der Waals surface area contributed by atoms with Crippen LogP contribution in [0.3, 0.4) is 0 Å². The summed E-state index contributed by atoms with van der Waals surface area (Å²) in [6, 6.07) is 14.4. The van der Waals surface area contributed by atoms with Crippen LogP contribution in [0.15, 0.2) is 65.8 Å². The molecule has 0 spiro atoms. The first-order valence-corrected chi connectivity index (χ1v) is 8.05. The van der Waals surface area contributed by atoms with Gasteiger partial charge in [0.05, 0.1) is 11.3 Å². The maximum Gasteiger partial charge on any atom is 0.416 e. The fourth-order valence-corrected chi connectivity index (χ4v) is 2.80. The zero-order chi connectivity index (χ0) is 17.0. The van der Waals surface area contributed by atoms with Crippen molar-refractivity contribution in [3.05, 3.63) is 71.9 Å². The third kappa shape index (κ3) is 4.11. The van der Waals surface area contributed by atoms with Crippen LogP contribution in [0.25, 0.3) is 11.4 Å². The fourth-order valence-electron chi connectivity index (χ4n) is 2.04. The lowest BCUT2D eigenvalue weighted by Crippen LogP contribution is -2.04. The molecule has 0 aliphatic heterocycles. The Labute approximate surface area is 141 Å². The van der Waals surface area contributed by atoms with Gasteiger partial charge >= 0.3 is 6.18 Å². The lowest BCUT2D eigenvalue weighted by molar-refractivity contribution is -0.137. The summed E-state index contributed by atoms with van der Waals surface area (Å²) in [6.45, 7) is 0. The molecule has 0 N–H and O–H groups in total. The Morgan fingerprint density at radius 3 is 2.42 bits per heavy atom. The van der Waals surface area contributed by atoms with Crippen LogP contribution in [0.2, 0.25) is 0 Å². The van der Waals surface area contributed by atoms with Crippen molar-refractivity contribution in [1.29, 1.82) is 0 Å². The summed E-state index contributed by atoms with van der Waals surface area (Å²) in [7, 11) is 0. The average molecular weight is 347 g/mol. The highest BCUT2D eigenvalue weighted by molar-refractivity contribution is 7.98. The van der Waals surface area contributed by atoms with Crippen LogP contribution < -0.4 is 0 Å². The molecule has 0 aliphatic carbocycles. The molecule has 0 fully saturated rings. The molecular formula is C17H12F3N3S. The maximum absolute atomic E-state index is 12.7. The molecule has 0 bridgehead atoms. The van der Waals surface area contributed by atoms with Gasteiger partial charge in [0, 0.05) is 11.9 Å². The number of alkyl halides is 3. The van der Waals surface area contributed by atoms with Gasteiger partial charge < -0.3 is 0 Å². The molecule has 0 aliphatic rings. The van der Waals surface area contributed by atoms with E-state index in [0.717, 1.165) is 17.8 Å². The van der Waals surface area contributed by atoms with E-state index in [1.807, 2.05) is 18.2 Å². The number of hydrogen-bond acceptors (Lipinski definition) is 4. The predicted octanol–water partition coefficient (Wildman–Crippen LogP) is 4.85. The third-order valence-corrected chi connectivity index (χ3v) is 4.20. The van der Waals surface area contributed by atoms with Gasteiger partial charge in [-0.15, -0.1) is 10.2 Å². The van der Waals surface area contributed by atoms with E-state index < -0.39 is 11.7 Å². The van der Waals surface area contributed by atoms with Gasteiger partial charge in [0.25, 0.3) is 0 Å². The van der Waals surface area contributed by atoms with Gasteiger partial charge in [-0.05, 0) is 35.9 Å². The standard InChI is InChI=1S/C17H12F3N3S/c18-17(19,20)13-5-3-4-12(10-13)11-24-16-8-7-15(22-23-16)14-6-1-2-9-21-14/h1-10H,11H2. The molecule has 3 nitrogen and oxygen atoms in total. The number of halogens is 3. The largest absolute Gasteiger partial charge is 0.416 e. The van der Waals surface area contributed by atoms with Crippen molar-refractivity contribution in [1.82, 2.24) is 15.2 Å². The first-order chi connectivity index (χ1) is 11.5. The number of aromatic nitrogens is 3. The van der Waals surface area contributed by atoms with Crippen LogP contribution >= 0.6 is 11.8 Å². The first-order valence-electron chi connectivity index (χ1n) is 7.06. The zero-order valence-electron chi connectivity index (χ0n) is 12.4. The number of benzene rings is 1. The Bertz CT molecular complexity index is 805. The van der Waals surface area contributed by atoms with Crippen molar-refractivity contribution in [2.75, 3.05) is 0 Å². The number of nitrogens with zero attached hydrogens (tertiary/aromatic N) is 3. The van der Waals surface area contributed by atoms with Crippen LogP contribution in [0, 0.1) is 0 Å². The minimum absolute atomic E-state index is 0.390. The van der Waals surface area contributed by atoms with Crippen LogP contribution in [-0.2, 0) is 11.9 Å². The van der Waals surface area contributed by atoms with Gasteiger partial charge in [-0.3, -0.25) is 4.98 Å². The summed E-state index contributed by atoms with van der Waals surface area (Å²) < 4.78 is 38.1. The van der Waals surface area contributed by atoms with E-state index in [1.165, 1.54) is 17.8 Å². The Balaban J connectivity index is 1.67. The predicted molar refractivity (Wildman–Crippen MR) is 86.3 cm³/mol. The summed E-state index contributed by atoms with van der Waals surface area (Å²) in [5.74, 6) is 0.390. The Kier molecular flexibility index (Phi) is 4.80. The fraction of sp³-hybridized carbons (Fsp3) is 0.118. The Morgan fingerprint density at radius 1 is 0.875 bits per heavy atom. The summed E-state index contributed by atoms with van der Waals surface area (Å²) in [6.07, 6.45) is -2.65. The SMILES string of the molecule is FC(F)(F)c1cccc(CSc2ccc(-c3ccccn3)nn2)c1. The van der Waals surface area contributed by atoms with Crippen molar-refractivity contribution in [3.8, 4) is 11.4 Å². The first kappa shape index (κ1) is 16.4. The summed E-state index contributed by atoms with van der Waals surface area (Å²) in [5.41, 5.74) is 1.32. The molecule has 7 heteroatoms. The molecule has 0 saturated carbocycles.